The van der Waals surface area contributed by atoms with Gasteiger partial charge in [0.15, 0.2) is 5.78 Å². The van der Waals surface area contributed by atoms with Crippen LogP contribution >= 0.6 is 0 Å². The Labute approximate surface area is 155 Å². The highest BCUT2D eigenvalue weighted by molar-refractivity contribution is 7.89. The number of carbonyl (C=O) groups is 2. The van der Waals surface area contributed by atoms with Crippen molar-refractivity contribution < 1.29 is 18.0 Å². The molecule has 1 aromatic rings. The van der Waals surface area contributed by atoms with Gasteiger partial charge < -0.3 is 4.90 Å². The lowest BCUT2D eigenvalue weighted by Crippen LogP contribution is -2.51. The van der Waals surface area contributed by atoms with Gasteiger partial charge in [0.2, 0.25) is 15.9 Å². The molecule has 0 spiro atoms. The lowest BCUT2D eigenvalue weighted by atomic mass is 10.2. The Morgan fingerprint density at radius 2 is 1.62 bits per heavy atom. The molecule has 144 valence electrons. The van der Waals surface area contributed by atoms with Gasteiger partial charge in [0.1, 0.15) is 0 Å². The smallest absolute Gasteiger partial charge is 0.243 e. The molecule has 0 N–H and O–H groups in total. The van der Waals surface area contributed by atoms with E-state index in [-0.39, 0.29) is 22.6 Å². The molecular weight excluding hydrogens is 354 g/mol. The summed E-state index contributed by atoms with van der Waals surface area (Å²) in [6.07, 6.45) is 0. The largest absolute Gasteiger partial charge is 0.342 e. The molecule has 26 heavy (non-hydrogen) atoms. The molecule has 0 aromatic heterocycles. The van der Waals surface area contributed by atoms with Crippen molar-refractivity contribution in [2.24, 2.45) is 0 Å². The normalized spacial score (nSPS) is 16.7. The Hall–Kier alpha value is -1.77. The predicted molar refractivity (Wildman–Crippen MR) is 99.6 cm³/mol. The van der Waals surface area contributed by atoms with Crippen LogP contribution in [0.5, 0.6) is 0 Å². The number of nitrogens with zero attached hydrogens (tertiary/aromatic N) is 3. The van der Waals surface area contributed by atoms with Crippen LogP contribution < -0.4 is 0 Å². The van der Waals surface area contributed by atoms with E-state index < -0.39 is 10.0 Å². The number of ketones is 1. The van der Waals surface area contributed by atoms with Crippen LogP contribution in [-0.4, -0.2) is 80.0 Å². The van der Waals surface area contributed by atoms with Gasteiger partial charge >= 0.3 is 0 Å². The molecule has 0 aliphatic carbocycles. The fourth-order valence-corrected chi connectivity index (χ4v) is 4.15. The zero-order valence-corrected chi connectivity index (χ0v) is 16.6. The number of hydrogen-bond acceptors (Lipinski definition) is 5. The lowest BCUT2D eigenvalue weighted by molar-refractivity contribution is -0.132. The predicted octanol–water partition coefficient (Wildman–Crippen LogP) is 1.06. The van der Waals surface area contributed by atoms with E-state index in [2.05, 4.69) is 0 Å². The number of piperazine rings is 1. The minimum atomic E-state index is -3.59. The van der Waals surface area contributed by atoms with Crippen molar-refractivity contribution in [3.8, 4) is 0 Å². The summed E-state index contributed by atoms with van der Waals surface area (Å²) in [7, 11) is -1.81. The van der Waals surface area contributed by atoms with E-state index in [4.69, 9.17) is 0 Å². The number of Topliss-reactive ketones (excluding diaryl/α,β-unsaturated/α-hetero) is 1. The highest BCUT2D eigenvalue weighted by Gasteiger charge is 2.29. The van der Waals surface area contributed by atoms with Crippen LogP contribution in [0, 0.1) is 0 Å². The van der Waals surface area contributed by atoms with Crippen molar-refractivity contribution in [2.45, 2.75) is 31.7 Å². The third-order valence-corrected chi connectivity index (χ3v) is 6.67. The van der Waals surface area contributed by atoms with Crippen LogP contribution in [0.15, 0.2) is 29.2 Å². The molecule has 1 fully saturated rings. The van der Waals surface area contributed by atoms with Crippen LogP contribution in [0.3, 0.4) is 0 Å². The summed E-state index contributed by atoms with van der Waals surface area (Å²) in [6, 6.07) is 6.15. The lowest BCUT2D eigenvalue weighted by Gasteiger charge is -2.34. The molecule has 8 heteroatoms. The zero-order chi connectivity index (χ0) is 19.5. The average molecular weight is 381 g/mol. The van der Waals surface area contributed by atoms with Gasteiger partial charge in [-0.2, -0.15) is 4.31 Å². The highest BCUT2D eigenvalue weighted by atomic mass is 32.2. The summed E-state index contributed by atoms with van der Waals surface area (Å²) in [4.78, 5) is 27.3. The maximum Gasteiger partial charge on any atom is 0.243 e. The first kappa shape index (κ1) is 20.5. The number of hydrogen-bond donors (Lipinski definition) is 0. The van der Waals surface area contributed by atoms with Gasteiger partial charge in [-0.25, -0.2) is 8.42 Å². The molecular formula is C18H27N3O4S. The molecule has 1 aromatic carbocycles. The van der Waals surface area contributed by atoms with Gasteiger partial charge in [0, 0.05) is 44.8 Å². The van der Waals surface area contributed by atoms with Crippen LogP contribution in [0.2, 0.25) is 0 Å². The molecule has 7 nitrogen and oxygen atoms in total. The number of benzene rings is 1. The van der Waals surface area contributed by atoms with E-state index in [9.17, 15) is 18.0 Å². The highest BCUT2D eigenvalue weighted by Crippen LogP contribution is 2.18. The van der Waals surface area contributed by atoms with Gasteiger partial charge in [-0.3, -0.25) is 14.5 Å². The van der Waals surface area contributed by atoms with Gasteiger partial charge in [-0.15, -0.1) is 0 Å². The Bertz CT molecular complexity index is 751. The van der Waals surface area contributed by atoms with Crippen molar-refractivity contribution in [3.05, 3.63) is 29.8 Å². The summed E-state index contributed by atoms with van der Waals surface area (Å²) in [6.45, 7) is 7.38. The van der Waals surface area contributed by atoms with Crippen molar-refractivity contribution in [2.75, 3.05) is 39.8 Å². The monoisotopic (exact) mass is 381 g/mol. The number of sulfonamides is 1. The summed E-state index contributed by atoms with van der Waals surface area (Å²) in [5.74, 6) is -0.0604. The maximum absolute atomic E-state index is 12.7. The second kappa shape index (κ2) is 8.28. The number of amides is 1. The Balaban J connectivity index is 1.98. The van der Waals surface area contributed by atoms with E-state index >= 15 is 0 Å². The Kier molecular flexibility index (Phi) is 6.54. The molecule has 0 saturated carbocycles. The first-order valence-corrected chi connectivity index (χ1v) is 10.2. The summed E-state index contributed by atoms with van der Waals surface area (Å²) in [5, 5.41) is 0. The molecule has 0 atom stereocenters. The van der Waals surface area contributed by atoms with Crippen molar-refractivity contribution >= 4 is 21.7 Å². The molecule has 0 bridgehead atoms. The summed E-state index contributed by atoms with van der Waals surface area (Å²) < 4.78 is 26.9. The molecule has 0 radical (unpaired) electrons. The second-order valence-electron chi connectivity index (χ2n) is 6.86. The first-order valence-electron chi connectivity index (χ1n) is 8.72. The van der Waals surface area contributed by atoms with E-state index in [0.29, 0.717) is 38.3 Å². The third kappa shape index (κ3) is 4.69. The standard InChI is InChI=1S/C18H27N3O4S/c1-14(2)19(4)18(23)13-20-9-11-21(12-10-20)26(24,25)17-7-5-16(6-8-17)15(3)22/h5-8,14H,9-13H2,1-4H3. The number of likely N-dealkylation sites (N-methyl/N-ethyl adjacent to an activating group) is 1. The van der Waals surface area contributed by atoms with Crippen LogP contribution in [0.1, 0.15) is 31.1 Å². The van der Waals surface area contributed by atoms with Gasteiger partial charge in [-0.1, -0.05) is 12.1 Å². The van der Waals surface area contributed by atoms with E-state index in [1.54, 1.807) is 11.9 Å². The molecule has 1 aliphatic rings. The van der Waals surface area contributed by atoms with E-state index in [1.165, 1.54) is 35.5 Å². The first-order chi connectivity index (χ1) is 12.1. The Morgan fingerprint density at radius 1 is 1.08 bits per heavy atom. The summed E-state index contributed by atoms with van der Waals surface area (Å²) in [5.41, 5.74) is 0.488. The fourth-order valence-electron chi connectivity index (χ4n) is 2.73. The van der Waals surface area contributed by atoms with Crippen molar-refractivity contribution in [3.63, 3.8) is 0 Å². The van der Waals surface area contributed by atoms with Crippen LogP contribution in [0.25, 0.3) is 0 Å². The third-order valence-electron chi connectivity index (χ3n) is 4.76. The quantitative estimate of drug-likeness (QED) is 0.689. The SMILES string of the molecule is CC(=O)c1ccc(S(=O)(=O)N2CCN(CC(=O)N(C)C(C)C)CC2)cc1. The van der Waals surface area contributed by atoms with Crippen molar-refractivity contribution in [1.29, 1.82) is 0 Å². The van der Waals surface area contributed by atoms with E-state index in [1.807, 2.05) is 18.7 Å². The van der Waals surface area contributed by atoms with Gasteiger partial charge in [0.05, 0.1) is 11.4 Å². The number of carbonyl (C=O) groups excluding carboxylic acids is 2. The molecule has 2 rings (SSSR count). The second-order valence-corrected chi connectivity index (χ2v) is 8.80. The molecule has 1 amide bonds. The average Bonchev–Trinajstić information content (AvgIpc) is 2.61. The Morgan fingerprint density at radius 3 is 2.08 bits per heavy atom. The van der Waals surface area contributed by atoms with Gasteiger partial charge in [-0.05, 0) is 32.9 Å². The minimum Gasteiger partial charge on any atom is -0.342 e. The minimum absolute atomic E-state index is 0.0381. The van der Waals surface area contributed by atoms with E-state index in [0.717, 1.165) is 0 Å². The molecule has 1 aliphatic heterocycles. The van der Waals surface area contributed by atoms with Crippen LogP contribution in [0.4, 0.5) is 0 Å². The maximum atomic E-state index is 12.7. The van der Waals surface area contributed by atoms with Crippen molar-refractivity contribution in [1.82, 2.24) is 14.1 Å². The van der Waals surface area contributed by atoms with Crippen LogP contribution in [-0.2, 0) is 14.8 Å². The summed E-state index contributed by atoms with van der Waals surface area (Å²) >= 11 is 0. The molecule has 0 unspecified atom stereocenters. The molecule has 1 saturated heterocycles. The fraction of sp³-hybridized carbons (Fsp3) is 0.556. The zero-order valence-electron chi connectivity index (χ0n) is 15.8. The number of rotatable bonds is 6. The topological polar surface area (TPSA) is 78.0 Å². The molecule has 1 heterocycles. The van der Waals surface area contributed by atoms with Gasteiger partial charge in [0.25, 0.3) is 0 Å².